The first-order chi connectivity index (χ1) is 17.9. The third kappa shape index (κ3) is 6.94. The lowest BCUT2D eigenvalue weighted by atomic mass is 9.87. The maximum Gasteiger partial charge on any atom is 0.230 e. The second kappa shape index (κ2) is 13.2. The van der Waals surface area contributed by atoms with Gasteiger partial charge in [0.25, 0.3) is 0 Å². The summed E-state index contributed by atoms with van der Waals surface area (Å²) in [6.45, 7) is 15.8. The van der Waals surface area contributed by atoms with Crippen LogP contribution < -0.4 is 4.90 Å². The first-order valence-electron chi connectivity index (χ1n) is 15.0. The Bertz CT molecular complexity index is 902. The molecule has 2 amide bonds. The molecule has 3 aliphatic rings. The molecule has 0 spiro atoms. The molecule has 0 atom stereocenters. The van der Waals surface area contributed by atoms with Gasteiger partial charge in [0, 0.05) is 50.6 Å². The van der Waals surface area contributed by atoms with Gasteiger partial charge in [-0.05, 0) is 83.6 Å². The molecule has 0 aromatic heterocycles. The number of carbonyl (C=O) groups is 2. The predicted molar refractivity (Wildman–Crippen MR) is 152 cm³/mol. The van der Waals surface area contributed by atoms with Gasteiger partial charge < -0.3 is 14.7 Å². The smallest absolute Gasteiger partial charge is 0.230 e. The molecule has 0 unspecified atom stereocenters. The molecule has 6 nitrogen and oxygen atoms in total. The Morgan fingerprint density at radius 1 is 0.838 bits per heavy atom. The van der Waals surface area contributed by atoms with Crippen LogP contribution in [0.1, 0.15) is 83.3 Å². The molecule has 2 aliphatic heterocycles. The average Bonchev–Trinajstić information content (AvgIpc) is 2.95. The minimum Gasteiger partial charge on any atom is -0.337 e. The number of rotatable bonds is 4. The number of fused-ring (bicyclic) bond motifs is 1. The van der Waals surface area contributed by atoms with Crippen molar-refractivity contribution in [2.75, 3.05) is 50.7 Å². The van der Waals surface area contributed by atoms with Crippen LogP contribution in [0.15, 0.2) is 18.2 Å². The van der Waals surface area contributed by atoms with Crippen molar-refractivity contribution in [1.82, 2.24) is 14.7 Å². The van der Waals surface area contributed by atoms with E-state index < -0.39 is 0 Å². The lowest BCUT2D eigenvalue weighted by Gasteiger charge is -2.35. The Labute approximate surface area is 225 Å². The third-order valence-electron chi connectivity index (χ3n) is 9.08. The van der Waals surface area contributed by atoms with Gasteiger partial charge in [-0.1, -0.05) is 44.4 Å². The quantitative estimate of drug-likeness (QED) is 0.567. The highest BCUT2D eigenvalue weighted by Gasteiger charge is 2.32. The van der Waals surface area contributed by atoms with Crippen molar-refractivity contribution in [2.24, 2.45) is 11.8 Å². The standard InChI is InChI=1S/C31H50N4O2/c1-5-32-19-15-27(16-20-32)30(36)34-22-21-33(24(2)3)17-10-18-35(31(37)26-12-7-6-8-13-26)29-25(4)11-9-14-28(29)23-34/h9,11,14,24,26-27H,5-8,10,12-13,15-23H2,1-4H3. The van der Waals surface area contributed by atoms with E-state index in [0.29, 0.717) is 24.4 Å². The fraction of sp³-hybridized carbons (Fsp3) is 0.742. The Balaban J connectivity index is 1.65. The number of hydrogen-bond acceptors (Lipinski definition) is 4. The van der Waals surface area contributed by atoms with Gasteiger partial charge in [-0.25, -0.2) is 0 Å². The van der Waals surface area contributed by atoms with Crippen LogP contribution in [0.2, 0.25) is 0 Å². The number of nitrogens with zero attached hydrogens (tertiary/aromatic N) is 4. The summed E-state index contributed by atoms with van der Waals surface area (Å²) in [6, 6.07) is 6.80. The molecule has 6 heteroatoms. The molecule has 1 saturated carbocycles. The Hall–Kier alpha value is -1.92. The molecule has 4 rings (SSSR count). The van der Waals surface area contributed by atoms with Crippen LogP contribution in [-0.4, -0.2) is 78.4 Å². The zero-order valence-corrected chi connectivity index (χ0v) is 23.9. The van der Waals surface area contributed by atoms with E-state index in [-0.39, 0.29) is 11.8 Å². The molecule has 1 aromatic carbocycles. The number of piperidine rings is 1. The number of aryl methyl sites for hydroxylation is 1. The zero-order valence-electron chi connectivity index (χ0n) is 23.9. The van der Waals surface area contributed by atoms with E-state index in [4.69, 9.17) is 0 Å². The van der Waals surface area contributed by atoms with E-state index in [1.807, 2.05) is 0 Å². The summed E-state index contributed by atoms with van der Waals surface area (Å²) >= 11 is 0. The molecule has 1 aromatic rings. The number of likely N-dealkylation sites (tertiary alicyclic amines) is 1. The van der Waals surface area contributed by atoms with Gasteiger partial charge in [0.05, 0.1) is 5.69 Å². The number of benzene rings is 1. The van der Waals surface area contributed by atoms with Crippen molar-refractivity contribution < 1.29 is 9.59 Å². The number of hydrogen-bond donors (Lipinski definition) is 0. The summed E-state index contributed by atoms with van der Waals surface area (Å²) < 4.78 is 0. The molecule has 1 aliphatic carbocycles. The maximum absolute atomic E-state index is 14.0. The van der Waals surface area contributed by atoms with Crippen LogP contribution in [-0.2, 0) is 16.1 Å². The molecule has 2 fully saturated rings. The van der Waals surface area contributed by atoms with Crippen LogP contribution >= 0.6 is 0 Å². The SMILES string of the molecule is CCN1CCC(C(=O)N2CCN(C(C)C)CCCN(C(=O)C3CCCCC3)c3c(C)cccc3C2)CC1. The Kier molecular flexibility index (Phi) is 10.1. The number of anilines is 1. The van der Waals surface area contributed by atoms with E-state index in [2.05, 4.69) is 65.5 Å². The molecule has 1 saturated heterocycles. The van der Waals surface area contributed by atoms with Crippen LogP contribution in [0.25, 0.3) is 0 Å². The minimum absolute atomic E-state index is 0.105. The van der Waals surface area contributed by atoms with Crippen molar-refractivity contribution >= 4 is 17.5 Å². The predicted octanol–water partition coefficient (Wildman–Crippen LogP) is 5.08. The summed E-state index contributed by atoms with van der Waals surface area (Å²) in [5, 5.41) is 0. The van der Waals surface area contributed by atoms with Gasteiger partial charge in [-0.15, -0.1) is 0 Å². The summed E-state index contributed by atoms with van der Waals surface area (Å²) in [5.74, 6) is 0.842. The van der Waals surface area contributed by atoms with Crippen molar-refractivity contribution in [1.29, 1.82) is 0 Å². The van der Waals surface area contributed by atoms with Gasteiger partial charge in [0.15, 0.2) is 0 Å². The molecule has 206 valence electrons. The molecule has 0 radical (unpaired) electrons. The topological polar surface area (TPSA) is 47.1 Å². The second-order valence-electron chi connectivity index (χ2n) is 11.9. The Morgan fingerprint density at radius 2 is 1.54 bits per heavy atom. The van der Waals surface area contributed by atoms with Gasteiger partial charge in [0.2, 0.25) is 11.8 Å². The normalized spacial score (nSPS) is 22.1. The molecule has 0 bridgehead atoms. The van der Waals surface area contributed by atoms with Gasteiger partial charge in [-0.2, -0.15) is 0 Å². The molecular weight excluding hydrogens is 460 g/mol. The number of carbonyl (C=O) groups excluding carboxylic acids is 2. The van der Waals surface area contributed by atoms with Crippen LogP contribution in [0.3, 0.4) is 0 Å². The molecular formula is C31H50N4O2. The highest BCUT2D eigenvalue weighted by Crippen LogP contribution is 2.33. The number of para-hydroxylation sites is 1. The lowest BCUT2D eigenvalue weighted by Crippen LogP contribution is -2.45. The highest BCUT2D eigenvalue weighted by molar-refractivity contribution is 5.96. The molecule has 2 heterocycles. The highest BCUT2D eigenvalue weighted by atomic mass is 16.2. The Morgan fingerprint density at radius 3 is 2.22 bits per heavy atom. The summed E-state index contributed by atoms with van der Waals surface area (Å²) in [7, 11) is 0. The average molecular weight is 511 g/mol. The molecule has 0 N–H and O–H groups in total. The monoisotopic (exact) mass is 510 g/mol. The van der Waals surface area contributed by atoms with Crippen molar-refractivity contribution in [2.45, 2.75) is 91.6 Å². The summed E-state index contributed by atoms with van der Waals surface area (Å²) in [5.41, 5.74) is 3.33. The first-order valence-corrected chi connectivity index (χ1v) is 15.0. The largest absolute Gasteiger partial charge is 0.337 e. The van der Waals surface area contributed by atoms with Crippen molar-refractivity contribution in [3.8, 4) is 0 Å². The van der Waals surface area contributed by atoms with Crippen LogP contribution in [0.4, 0.5) is 5.69 Å². The van der Waals surface area contributed by atoms with Crippen LogP contribution in [0.5, 0.6) is 0 Å². The van der Waals surface area contributed by atoms with Crippen molar-refractivity contribution in [3.63, 3.8) is 0 Å². The van der Waals surface area contributed by atoms with Gasteiger partial charge in [0.1, 0.15) is 0 Å². The fourth-order valence-electron chi connectivity index (χ4n) is 6.67. The van der Waals surface area contributed by atoms with E-state index in [1.165, 1.54) is 6.42 Å². The fourth-order valence-corrected chi connectivity index (χ4v) is 6.67. The van der Waals surface area contributed by atoms with Gasteiger partial charge >= 0.3 is 0 Å². The lowest BCUT2D eigenvalue weighted by molar-refractivity contribution is -0.138. The van der Waals surface area contributed by atoms with Gasteiger partial charge in [-0.3, -0.25) is 14.5 Å². The second-order valence-corrected chi connectivity index (χ2v) is 11.9. The maximum atomic E-state index is 14.0. The van der Waals surface area contributed by atoms with E-state index >= 15 is 0 Å². The summed E-state index contributed by atoms with van der Waals surface area (Å²) in [6.07, 6.45) is 8.43. The van der Waals surface area contributed by atoms with Crippen LogP contribution in [0, 0.1) is 18.8 Å². The first kappa shape index (κ1) is 28.1. The zero-order chi connectivity index (χ0) is 26.4. The van der Waals surface area contributed by atoms with E-state index in [9.17, 15) is 9.59 Å². The minimum atomic E-state index is 0.105. The van der Waals surface area contributed by atoms with E-state index in [1.54, 1.807) is 0 Å². The third-order valence-corrected chi connectivity index (χ3v) is 9.08. The molecule has 37 heavy (non-hydrogen) atoms. The summed E-state index contributed by atoms with van der Waals surface area (Å²) in [4.78, 5) is 37.1. The van der Waals surface area contributed by atoms with Crippen molar-refractivity contribution in [3.05, 3.63) is 29.3 Å². The number of amides is 2. The van der Waals surface area contributed by atoms with E-state index in [0.717, 1.165) is 108 Å².